The number of benzene rings is 2. The van der Waals surface area contributed by atoms with E-state index < -0.39 is 0 Å². The minimum atomic E-state index is 0.324. The highest BCUT2D eigenvalue weighted by Gasteiger charge is 2.17. The molecule has 1 nitrogen and oxygen atoms in total. The van der Waals surface area contributed by atoms with Gasteiger partial charge in [-0.2, -0.15) is 0 Å². The van der Waals surface area contributed by atoms with Crippen LogP contribution in [0.15, 0.2) is 60.7 Å². The largest absolute Gasteiger partial charge is 0.295 e. The van der Waals surface area contributed by atoms with Crippen LogP contribution in [0.25, 0.3) is 0 Å². The van der Waals surface area contributed by atoms with E-state index in [1.54, 1.807) is 0 Å². The highest BCUT2D eigenvalue weighted by molar-refractivity contribution is 9.09. The molecule has 0 radical (unpaired) electrons. The summed E-state index contributed by atoms with van der Waals surface area (Å²) in [5, 5.41) is 0.986. The first-order valence-corrected chi connectivity index (χ1v) is 7.31. The zero-order valence-electron chi connectivity index (χ0n) is 10.6. The molecular formula is C16H18BrN. The number of alkyl halides is 1. The maximum atomic E-state index is 3.52. The summed E-state index contributed by atoms with van der Waals surface area (Å²) >= 11 is 3.52. The van der Waals surface area contributed by atoms with Crippen molar-refractivity contribution in [1.82, 2.24) is 4.90 Å². The molecule has 0 aliphatic heterocycles. The zero-order valence-corrected chi connectivity index (χ0v) is 12.2. The highest BCUT2D eigenvalue weighted by Crippen LogP contribution is 2.27. The second-order valence-electron chi connectivity index (χ2n) is 4.39. The van der Waals surface area contributed by atoms with Crippen molar-refractivity contribution in [1.29, 1.82) is 0 Å². The minimum absolute atomic E-state index is 0.324. The van der Waals surface area contributed by atoms with Crippen LogP contribution in [0.4, 0.5) is 0 Å². The van der Waals surface area contributed by atoms with Crippen molar-refractivity contribution < 1.29 is 0 Å². The van der Waals surface area contributed by atoms with E-state index in [1.807, 2.05) is 0 Å². The van der Waals surface area contributed by atoms with Gasteiger partial charge in [-0.25, -0.2) is 0 Å². The van der Waals surface area contributed by atoms with Crippen molar-refractivity contribution in [2.75, 3.05) is 18.9 Å². The maximum Gasteiger partial charge on any atom is 0.0599 e. The molecule has 0 aliphatic carbocycles. The van der Waals surface area contributed by atoms with Crippen molar-refractivity contribution in [3.05, 3.63) is 71.8 Å². The van der Waals surface area contributed by atoms with Crippen molar-refractivity contribution in [3.63, 3.8) is 0 Å². The molecule has 18 heavy (non-hydrogen) atoms. The lowest BCUT2D eigenvalue weighted by atomic mass is 9.97. The fourth-order valence-electron chi connectivity index (χ4n) is 2.23. The maximum absolute atomic E-state index is 3.52. The van der Waals surface area contributed by atoms with Gasteiger partial charge in [-0.1, -0.05) is 76.6 Å². The Kier molecular flexibility index (Phi) is 4.97. The topological polar surface area (TPSA) is 3.24 Å². The summed E-state index contributed by atoms with van der Waals surface area (Å²) in [4.78, 5) is 2.37. The van der Waals surface area contributed by atoms with Gasteiger partial charge in [0.15, 0.2) is 0 Å². The third-order valence-corrected chi connectivity index (χ3v) is 3.46. The van der Waals surface area contributed by atoms with Crippen LogP contribution in [-0.2, 0) is 0 Å². The first-order valence-electron chi connectivity index (χ1n) is 6.19. The Morgan fingerprint density at radius 3 is 1.72 bits per heavy atom. The standard InChI is InChI=1S/C16H18BrN/c1-18(13-12-17)16(14-8-4-2-5-9-14)15-10-6-3-7-11-15/h2-11,16H,12-13H2,1H3. The Labute approximate surface area is 118 Å². The monoisotopic (exact) mass is 303 g/mol. The van der Waals surface area contributed by atoms with Gasteiger partial charge in [-0.05, 0) is 18.2 Å². The fourth-order valence-corrected chi connectivity index (χ4v) is 2.79. The van der Waals surface area contributed by atoms with Gasteiger partial charge in [0.1, 0.15) is 0 Å². The molecule has 0 aliphatic rings. The summed E-state index contributed by atoms with van der Waals surface area (Å²) in [6.45, 7) is 1.02. The Hall–Kier alpha value is -1.12. The van der Waals surface area contributed by atoms with E-state index in [-0.39, 0.29) is 0 Å². The quantitative estimate of drug-likeness (QED) is 0.752. The third-order valence-electron chi connectivity index (χ3n) is 3.11. The van der Waals surface area contributed by atoms with Crippen LogP contribution in [0, 0.1) is 0 Å². The summed E-state index contributed by atoms with van der Waals surface area (Å²) in [7, 11) is 2.17. The minimum Gasteiger partial charge on any atom is -0.295 e. The molecule has 0 aromatic heterocycles. The van der Waals surface area contributed by atoms with Crippen molar-refractivity contribution in [2.45, 2.75) is 6.04 Å². The fraction of sp³-hybridized carbons (Fsp3) is 0.250. The van der Waals surface area contributed by atoms with Gasteiger partial charge in [0.25, 0.3) is 0 Å². The van der Waals surface area contributed by atoms with Crippen molar-refractivity contribution in [2.24, 2.45) is 0 Å². The van der Waals surface area contributed by atoms with E-state index in [1.165, 1.54) is 11.1 Å². The van der Waals surface area contributed by atoms with E-state index in [2.05, 4.69) is 88.5 Å². The summed E-state index contributed by atoms with van der Waals surface area (Å²) in [6.07, 6.45) is 0. The normalized spacial score (nSPS) is 11.1. The van der Waals surface area contributed by atoms with Crippen LogP contribution in [0.2, 0.25) is 0 Å². The molecule has 0 unspecified atom stereocenters. The van der Waals surface area contributed by atoms with E-state index in [9.17, 15) is 0 Å². The molecule has 0 spiro atoms. The van der Waals surface area contributed by atoms with Gasteiger partial charge in [-0.3, -0.25) is 4.90 Å². The molecule has 2 aromatic rings. The van der Waals surface area contributed by atoms with Crippen molar-refractivity contribution >= 4 is 15.9 Å². The summed E-state index contributed by atoms with van der Waals surface area (Å²) in [5.41, 5.74) is 2.68. The Balaban J connectivity index is 2.35. The summed E-state index contributed by atoms with van der Waals surface area (Å²) in [5.74, 6) is 0. The molecule has 2 aromatic carbocycles. The van der Waals surface area contributed by atoms with Crippen LogP contribution < -0.4 is 0 Å². The molecule has 2 heteroatoms. The van der Waals surface area contributed by atoms with Crippen LogP contribution in [0.3, 0.4) is 0 Å². The lowest BCUT2D eigenvalue weighted by Crippen LogP contribution is -2.27. The SMILES string of the molecule is CN(CCBr)C(c1ccccc1)c1ccccc1. The number of nitrogens with zero attached hydrogens (tertiary/aromatic N) is 1. The predicted octanol–water partition coefficient (Wildman–Crippen LogP) is 4.10. The lowest BCUT2D eigenvalue weighted by molar-refractivity contribution is 0.297. The van der Waals surface area contributed by atoms with Gasteiger partial charge >= 0.3 is 0 Å². The van der Waals surface area contributed by atoms with E-state index >= 15 is 0 Å². The van der Waals surface area contributed by atoms with Crippen LogP contribution in [0.5, 0.6) is 0 Å². The molecule has 0 atom stereocenters. The second-order valence-corrected chi connectivity index (χ2v) is 5.19. The van der Waals surface area contributed by atoms with Gasteiger partial charge in [-0.15, -0.1) is 0 Å². The Morgan fingerprint density at radius 1 is 0.889 bits per heavy atom. The predicted molar refractivity (Wildman–Crippen MR) is 81.2 cm³/mol. The molecule has 0 heterocycles. The molecule has 2 rings (SSSR count). The van der Waals surface area contributed by atoms with Gasteiger partial charge in [0.2, 0.25) is 0 Å². The van der Waals surface area contributed by atoms with Gasteiger partial charge < -0.3 is 0 Å². The van der Waals surface area contributed by atoms with E-state index in [0.717, 1.165) is 11.9 Å². The molecule has 0 fully saturated rings. The molecule has 0 bridgehead atoms. The molecule has 0 N–H and O–H groups in total. The molecule has 94 valence electrons. The smallest absolute Gasteiger partial charge is 0.0599 e. The first kappa shape index (κ1) is 13.3. The number of hydrogen-bond donors (Lipinski definition) is 0. The van der Waals surface area contributed by atoms with Crippen LogP contribution in [-0.4, -0.2) is 23.8 Å². The second kappa shape index (κ2) is 6.72. The van der Waals surface area contributed by atoms with E-state index in [4.69, 9.17) is 0 Å². The third kappa shape index (κ3) is 3.21. The van der Waals surface area contributed by atoms with Crippen LogP contribution in [0.1, 0.15) is 17.2 Å². The zero-order chi connectivity index (χ0) is 12.8. The van der Waals surface area contributed by atoms with E-state index in [0.29, 0.717) is 6.04 Å². The molecular weight excluding hydrogens is 286 g/mol. The molecule has 0 saturated carbocycles. The first-order chi connectivity index (χ1) is 8.83. The number of rotatable bonds is 5. The average molecular weight is 304 g/mol. The summed E-state index contributed by atoms with van der Waals surface area (Å²) < 4.78 is 0. The Bertz CT molecular complexity index is 416. The van der Waals surface area contributed by atoms with Gasteiger partial charge in [0.05, 0.1) is 6.04 Å². The highest BCUT2D eigenvalue weighted by atomic mass is 79.9. The van der Waals surface area contributed by atoms with Crippen LogP contribution >= 0.6 is 15.9 Å². The lowest BCUT2D eigenvalue weighted by Gasteiger charge is -2.28. The van der Waals surface area contributed by atoms with Crippen molar-refractivity contribution in [3.8, 4) is 0 Å². The number of hydrogen-bond acceptors (Lipinski definition) is 1. The average Bonchev–Trinajstić information content (AvgIpc) is 2.42. The summed E-state index contributed by atoms with van der Waals surface area (Å²) in [6, 6.07) is 21.7. The molecule has 0 saturated heterocycles. The van der Waals surface area contributed by atoms with Gasteiger partial charge in [0, 0.05) is 11.9 Å². The number of halogens is 1. The molecule has 0 amide bonds. The Morgan fingerprint density at radius 2 is 1.33 bits per heavy atom.